The number of anilines is 2. The van der Waals surface area contributed by atoms with Gasteiger partial charge in [-0.1, -0.05) is 24.3 Å². The summed E-state index contributed by atoms with van der Waals surface area (Å²) in [5, 5.41) is 21.3. The Morgan fingerprint density at radius 1 is 1.18 bits per heavy atom. The Balaban J connectivity index is 1.72. The number of rotatable bonds is 3. The number of nitrogens with one attached hydrogen (secondary N) is 1. The van der Waals surface area contributed by atoms with Crippen LogP contribution in [0.2, 0.25) is 0 Å². The molecule has 0 saturated heterocycles. The summed E-state index contributed by atoms with van der Waals surface area (Å²) in [6.45, 7) is 0. The topological polar surface area (TPSA) is 110 Å². The van der Waals surface area contributed by atoms with Crippen molar-refractivity contribution >= 4 is 50.6 Å². The lowest BCUT2D eigenvalue weighted by Crippen LogP contribution is -2.45. The average Bonchev–Trinajstić information content (AvgIpc) is 3.33. The molecule has 2 amide bonds. The second-order valence-corrected chi connectivity index (χ2v) is 8.45. The highest BCUT2D eigenvalue weighted by Gasteiger charge is 2.50. The summed E-state index contributed by atoms with van der Waals surface area (Å²) in [6.07, 6.45) is -1.18. The maximum Gasteiger partial charge on any atom is 0.413 e. The first-order chi connectivity index (χ1) is 15.7. The maximum absolute atomic E-state index is 13.9. The zero-order chi connectivity index (χ0) is 23.5. The molecule has 0 fully saturated rings. The van der Waals surface area contributed by atoms with Crippen LogP contribution in [-0.4, -0.2) is 39.2 Å². The van der Waals surface area contributed by atoms with Crippen molar-refractivity contribution in [3.8, 4) is 0 Å². The van der Waals surface area contributed by atoms with E-state index in [0.29, 0.717) is 33.4 Å². The number of imidazole rings is 1. The van der Waals surface area contributed by atoms with Crippen molar-refractivity contribution < 1.29 is 24.2 Å². The summed E-state index contributed by atoms with van der Waals surface area (Å²) in [7, 11) is 1.36. The number of carboxylic acid groups (broad SMARTS) is 1. The van der Waals surface area contributed by atoms with E-state index in [1.807, 2.05) is 0 Å². The number of carbonyl (C=O) groups excluding carboxylic acids is 1. The molecule has 0 radical (unpaired) electrons. The van der Waals surface area contributed by atoms with Crippen molar-refractivity contribution in [3.05, 3.63) is 87.6 Å². The van der Waals surface area contributed by atoms with E-state index in [4.69, 9.17) is 0 Å². The van der Waals surface area contributed by atoms with Gasteiger partial charge in [0.15, 0.2) is 5.72 Å². The Morgan fingerprint density at radius 2 is 1.94 bits per heavy atom. The normalized spacial score (nSPS) is 17.5. The number of carbonyl (C=O) groups is 2. The second-order valence-electron chi connectivity index (χ2n) is 7.59. The van der Waals surface area contributed by atoms with Gasteiger partial charge in [0, 0.05) is 29.4 Å². The highest BCUT2D eigenvalue weighted by Crippen LogP contribution is 2.45. The van der Waals surface area contributed by atoms with E-state index in [1.54, 1.807) is 42.5 Å². The van der Waals surface area contributed by atoms with E-state index in [9.17, 15) is 24.2 Å². The summed E-state index contributed by atoms with van der Waals surface area (Å²) >= 11 is 3.14. The standard InChI is InChI=1S/C23H16BrFN4O4/c1-28(22(31)32)21-26-18-9-6-12(10-19(18)27-21)23(33)15-5-3-2-4-14(15)20(30)29(23)13-7-8-17(25)16(24)11-13/h2-11,33H,1H3,(H,26,27)(H,31,32). The van der Waals surface area contributed by atoms with Crippen LogP contribution in [0.3, 0.4) is 0 Å². The van der Waals surface area contributed by atoms with Crippen molar-refractivity contribution in [1.82, 2.24) is 9.97 Å². The summed E-state index contributed by atoms with van der Waals surface area (Å²) in [5.41, 5.74) is 0.391. The first-order valence-corrected chi connectivity index (χ1v) is 10.6. The molecule has 33 heavy (non-hydrogen) atoms. The number of nitrogens with zero attached hydrogens (tertiary/aromatic N) is 3. The number of aliphatic hydroxyl groups is 1. The molecule has 1 aliphatic rings. The molecular formula is C23H16BrFN4O4. The van der Waals surface area contributed by atoms with Crippen LogP contribution in [-0.2, 0) is 5.72 Å². The molecule has 1 unspecified atom stereocenters. The lowest BCUT2D eigenvalue weighted by molar-refractivity contribution is 0.0704. The van der Waals surface area contributed by atoms with E-state index in [2.05, 4.69) is 25.9 Å². The van der Waals surface area contributed by atoms with Crippen molar-refractivity contribution in [3.63, 3.8) is 0 Å². The van der Waals surface area contributed by atoms with Gasteiger partial charge in [0.2, 0.25) is 5.95 Å². The minimum Gasteiger partial charge on any atom is -0.465 e. The molecular weight excluding hydrogens is 495 g/mol. The van der Waals surface area contributed by atoms with E-state index < -0.39 is 23.5 Å². The van der Waals surface area contributed by atoms with E-state index in [1.165, 1.54) is 30.1 Å². The molecule has 2 heterocycles. The van der Waals surface area contributed by atoms with E-state index in [-0.39, 0.29) is 10.4 Å². The predicted octanol–water partition coefficient (Wildman–Crippen LogP) is 4.43. The fraction of sp³-hybridized carbons (Fsp3) is 0.0870. The number of hydrogen-bond donors (Lipinski definition) is 3. The predicted molar refractivity (Wildman–Crippen MR) is 123 cm³/mol. The van der Waals surface area contributed by atoms with Crippen LogP contribution in [0.4, 0.5) is 20.8 Å². The third-order valence-electron chi connectivity index (χ3n) is 5.70. The van der Waals surface area contributed by atoms with Crippen molar-refractivity contribution in [1.29, 1.82) is 0 Å². The third-order valence-corrected chi connectivity index (χ3v) is 6.31. The van der Waals surface area contributed by atoms with Crippen LogP contribution in [0.1, 0.15) is 21.5 Å². The zero-order valence-corrected chi connectivity index (χ0v) is 18.7. The molecule has 0 aliphatic carbocycles. The molecule has 8 nitrogen and oxygen atoms in total. The van der Waals surface area contributed by atoms with Crippen LogP contribution in [0.25, 0.3) is 11.0 Å². The third kappa shape index (κ3) is 3.10. The Kier molecular flexibility index (Phi) is 4.73. The maximum atomic E-state index is 13.9. The Labute approximate surface area is 195 Å². The number of H-pyrrole nitrogens is 1. The minimum absolute atomic E-state index is 0.115. The molecule has 5 rings (SSSR count). The molecule has 166 valence electrons. The van der Waals surface area contributed by atoms with Crippen LogP contribution in [0, 0.1) is 5.82 Å². The number of aromatic nitrogens is 2. The molecule has 1 aliphatic heterocycles. The van der Waals surface area contributed by atoms with Crippen LogP contribution < -0.4 is 9.80 Å². The molecule has 0 saturated carbocycles. The number of amides is 2. The van der Waals surface area contributed by atoms with Gasteiger partial charge in [0.05, 0.1) is 15.5 Å². The number of halogens is 2. The van der Waals surface area contributed by atoms with Crippen molar-refractivity contribution in [2.45, 2.75) is 5.72 Å². The Morgan fingerprint density at radius 3 is 2.67 bits per heavy atom. The molecule has 3 aromatic carbocycles. The Hall–Kier alpha value is -3.76. The first-order valence-electron chi connectivity index (χ1n) is 9.80. The molecule has 0 bridgehead atoms. The largest absolute Gasteiger partial charge is 0.465 e. The van der Waals surface area contributed by atoms with Gasteiger partial charge < -0.3 is 15.2 Å². The van der Waals surface area contributed by atoms with Crippen LogP contribution in [0.5, 0.6) is 0 Å². The summed E-state index contributed by atoms with van der Waals surface area (Å²) in [4.78, 5) is 34.0. The second kappa shape index (κ2) is 7.39. The molecule has 0 spiro atoms. The highest BCUT2D eigenvalue weighted by atomic mass is 79.9. The van der Waals surface area contributed by atoms with Crippen LogP contribution >= 0.6 is 15.9 Å². The van der Waals surface area contributed by atoms with E-state index >= 15 is 0 Å². The van der Waals surface area contributed by atoms with Gasteiger partial charge in [-0.25, -0.2) is 14.2 Å². The molecule has 3 N–H and O–H groups in total. The quantitative estimate of drug-likeness (QED) is 0.377. The van der Waals surface area contributed by atoms with Gasteiger partial charge >= 0.3 is 6.09 Å². The lowest BCUT2D eigenvalue weighted by atomic mass is 9.93. The van der Waals surface area contributed by atoms with Gasteiger partial charge in [-0.3, -0.25) is 14.6 Å². The van der Waals surface area contributed by atoms with Crippen molar-refractivity contribution in [2.24, 2.45) is 0 Å². The number of fused-ring (bicyclic) bond motifs is 2. The molecule has 1 aromatic heterocycles. The lowest BCUT2D eigenvalue weighted by Gasteiger charge is -2.35. The summed E-state index contributed by atoms with van der Waals surface area (Å²) in [6, 6.07) is 15.6. The number of aromatic amines is 1. The summed E-state index contributed by atoms with van der Waals surface area (Å²) < 4.78 is 14.0. The fourth-order valence-corrected chi connectivity index (χ4v) is 4.40. The molecule has 1 atom stereocenters. The van der Waals surface area contributed by atoms with E-state index in [0.717, 1.165) is 4.90 Å². The Bertz CT molecular complexity index is 1460. The minimum atomic E-state index is -1.90. The fourth-order valence-electron chi connectivity index (χ4n) is 4.04. The van der Waals surface area contributed by atoms with Gasteiger partial charge in [0.1, 0.15) is 5.82 Å². The monoisotopic (exact) mass is 510 g/mol. The number of hydrogen-bond acceptors (Lipinski definition) is 4. The SMILES string of the molecule is CN(C(=O)O)c1nc2ccc(C3(O)c4ccccc4C(=O)N3c3ccc(F)c(Br)c3)cc2[nH]1. The molecule has 4 aromatic rings. The van der Waals surface area contributed by atoms with Gasteiger partial charge in [-0.05, 0) is 52.3 Å². The smallest absolute Gasteiger partial charge is 0.413 e. The van der Waals surface area contributed by atoms with Gasteiger partial charge in [-0.2, -0.15) is 0 Å². The van der Waals surface area contributed by atoms with Crippen LogP contribution in [0.15, 0.2) is 65.1 Å². The summed E-state index contributed by atoms with van der Waals surface area (Å²) in [5.74, 6) is -0.827. The van der Waals surface area contributed by atoms with Gasteiger partial charge in [-0.15, -0.1) is 0 Å². The zero-order valence-electron chi connectivity index (χ0n) is 17.1. The highest BCUT2D eigenvalue weighted by molar-refractivity contribution is 9.10. The molecule has 10 heteroatoms. The number of benzene rings is 3. The first kappa shape index (κ1) is 21.1. The van der Waals surface area contributed by atoms with Crippen molar-refractivity contribution in [2.75, 3.05) is 16.8 Å². The van der Waals surface area contributed by atoms with Gasteiger partial charge in [0.25, 0.3) is 5.91 Å². The average molecular weight is 511 g/mol.